The van der Waals surface area contributed by atoms with Crippen LogP contribution in [0.2, 0.25) is 0 Å². The van der Waals surface area contributed by atoms with E-state index in [4.69, 9.17) is 0 Å². The molecule has 0 saturated heterocycles. The van der Waals surface area contributed by atoms with Crippen molar-refractivity contribution in [2.75, 3.05) is 0 Å². The third kappa shape index (κ3) is 9.94. The van der Waals surface area contributed by atoms with Crippen LogP contribution in [0, 0.1) is 0 Å². The van der Waals surface area contributed by atoms with Gasteiger partial charge in [-0.1, -0.05) is 87.5 Å². The van der Waals surface area contributed by atoms with Crippen LogP contribution in [0.3, 0.4) is 0 Å². The molecule has 3 N–H and O–H groups in total. The van der Waals surface area contributed by atoms with E-state index in [1.165, 1.54) is 23.8 Å². The highest BCUT2D eigenvalue weighted by Crippen LogP contribution is 2.29. The van der Waals surface area contributed by atoms with Crippen molar-refractivity contribution in [3.63, 3.8) is 0 Å². The van der Waals surface area contributed by atoms with E-state index in [1.807, 2.05) is 42.5 Å². The molecular formula is C36H40N4O4S. The van der Waals surface area contributed by atoms with Gasteiger partial charge in [-0.25, -0.2) is 9.97 Å². The van der Waals surface area contributed by atoms with Crippen LogP contribution in [0.1, 0.15) is 71.8 Å². The smallest absolute Gasteiger partial charge is 0.325 e. The summed E-state index contributed by atoms with van der Waals surface area (Å²) in [4.78, 5) is 48.1. The Hall–Kier alpha value is -4.63. The highest BCUT2D eigenvalue weighted by molar-refractivity contribution is 7.14. The van der Waals surface area contributed by atoms with Crippen molar-refractivity contribution in [3.8, 4) is 11.4 Å². The third-order valence-electron chi connectivity index (χ3n) is 7.23. The maximum atomic E-state index is 13.1. The van der Waals surface area contributed by atoms with Gasteiger partial charge in [0.2, 0.25) is 5.91 Å². The zero-order valence-electron chi connectivity index (χ0n) is 26.1. The van der Waals surface area contributed by atoms with Crippen LogP contribution < -0.4 is 10.6 Å². The minimum Gasteiger partial charge on any atom is -0.480 e. The Morgan fingerprint density at radius 3 is 2.22 bits per heavy atom. The molecule has 9 heteroatoms. The van der Waals surface area contributed by atoms with E-state index in [1.54, 1.807) is 18.5 Å². The number of unbranched alkanes of at least 4 members (excludes halogenated alkanes) is 1. The number of carboxylic acid groups (broad SMARTS) is 1. The van der Waals surface area contributed by atoms with Crippen molar-refractivity contribution >= 4 is 35.2 Å². The topological polar surface area (TPSA) is 121 Å². The Morgan fingerprint density at radius 1 is 0.911 bits per heavy atom. The second-order valence-corrected chi connectivity index (χ2v) is 13.1. The van der Waals surface area contributed by atoms with E-state index < -0.39 is 24.0 Å². The second kappa shape index (κ2) is 15.4. The Kier molecular flexibility index (Phi) is 11.4. The van der Waals surface area contributed by atoms with Gasteiger partial charge in [-0.3, -0.25) is 14.4 Å². The Bertz CT molecular complexity index is 1610. The first-order valence-electron chi connectivity index (χ1n) is 15.1. The summed E-state index contributed by atoms with van der Waals surface area (Å²) in [6.07, 6.45) is 11.0. The largest absolute Gasteiger partial charge is 0.480 e. The maximum absolute atomic E-state index is 13.1. The van der Waals surface area contributed by atoms with Crippen LogP contribution >= 0.6 is 11.3 Å². The summed E-state index contributed by atoms with van der Waals surface area (Å²) in [5.74, 6) is -1.53. The lowest BCUT2D eigenvalue weighted by atomic mass is 9.95. The number of aryl methyl sites for hydroxylation is 1. The van der Waals surface area contributed by atoms with Gasteiger partial charge in [-0.05, 0) is 54.9 Å². The Balaban J connectivity index is 1.38. The zero-order valence-corrected chi connectivity index (χ0v) is 26.9. The van der Waals surface area contributed by atoms with Crippen molar-refractivity contribution in [1.29, 1.82) is 0 Å². The van der Waals surface area contributed by atoms with Crippen LogP contribution in [0.5, 0.6) is 0 Å². The van der Waals surface area contributed by atoms with Crippen LogP contribution in [-0.2, 0) is 27.8 Å². The minimum atomic E-state index is -1.16. The summed E-state index contributed by atoms with van der Waals surface area (Å²) < 4.78 is 0. The minimum absolute atomic E-state index is 0.109. The quantitative estimate of drug-likeness (QED) is 0.147. The van der Waals surface area contributed by atoms with Crippen molar-refractivity contribution in [3.05, 3.63) is 112 Å². The first kappa shape index (κ1) is 33.3. The molecule has 2 aromatic carbocycles. The van der Waals surface area contributed by atoms with Gasteiger partial charge in [-0.2, -0.15) is 0 Å². The van der Waals surface area contributed by atoms with E-state index in [2.05, 4.69) is 71.7 Å². The van der Waals surface area contributed by atoms with Gasteiger partial charge in [0.25, 0.3) is 5.91 Å². The number of hydrogen-bond acceptors (Lipinski definition) is 6. The number of nitrogens with zero attached hydrogens (tertiary/aromatic N) is 2. The number of benzene rings is 2. The molecule has 0 aliphatic heterocycles. The normalized spacial score (nSPS) is 12.9. The molecule has 0 fully saturated rings. The second-order valence-electron chi connectivity index (χ2n) is 12.0. The average Bonchev–Trinajstić information content (AvgIpc) is 3.53. The molecule has 4 aromatic rings. The predicted molar refractivity (Wildman–Crippen MR) is 179 cm³/mol. The number of thiophene rings is 1. The molecule has 0 unspecified atom stereocenters. The van der Waals surface area contributed by atoms with Crippen molar-refractivity contribution in [2.45, 2.75) is 70.9 Å². The molecule has 2 amide bonds. The van der Waals surface area contributed by atoms with E-state index >= 15 is 0 Å². The molecule has 0 spiro atoms. The third-order valence-corrected chi connectivity index (χ3v) is 8.74. The van der Waals surface area contributed by atoms with Crippen LogP contribution in [-0.4, -0.2) is 44.9 Å². The maximum Gasteiger partial charge on any atom is 0.325 e. The van der Waals surface area contributed by atoms with E-state index in [-0.39, 0.29) is 17.7 Å². The molecule has 2 atom stereocenters. The van der Waals surface area contributed by atoms with Gasteiger partial charge in [0.05, 0.1) is 4.88 Å². The number of carbonyl (C=O) groups is 3. The monoisotopic (exact) mass is 624 g/mol. The molecule has 45 heavy (non-hydrogen) atoms. The molecule has 0 saturated carbocycles. The molecular weight excluding hydrogens is 584 g/mol. The van der Waals surface area contributed by atoms with Gasteiger partial charge in [-0.15, -0.1) is 11.3 Å². The number of carboxylic acids is 1. The van der Waals surface area contributed by atoms with Gasteiger partial charge in [0.1, 0.15) is 12.1 Å². The number of amides is 2. The predicted octanol–water partition coefficient (Wildman–Crippen LogP) is 6.47. The fourth-order valence-electron chi connectivity index (χ4n) is 4.56. The highest BCUT2D eigenvalue weighted by Gasteiger charge is 2.26. The number of allylic oxidation sites excluding steroid dienone is 1. The van der Waals surface area contributed by atoms with Crippen molar-refractivity contribution in [1.82, 2.24) is 20.6 Å². The molecule has 234 valence electrons. The SMILES string of the molecule is C[C@@H](NC(=O)[C@H](Cc1ccc(-c2ncc(/C=C\CCCc3ccccc3)cn2)cc1)NC(=O)c1ccc(C(C)(C)C)s1)C(=O)O. The molecule has 0 radical (unpaired) electrons. The van der Waals surface area contributed by atoms with Gasteiger partial charge in [0.15, 0.2) is 5.82 Å². The Morgan fingerprint density at radius 2 is 1.60 bits per heavy atom. The van der Waals surface area contributed by atoms with Crippen LogP contribution in [0.25, 0.3) is 17.5 Å². The fraction of sp³-hybridized carbons (Fsp3) is 0.306. The van der Waals surface area contributed by atoms with E-state index in [0.29, 0.717) is 10.7 Å². The van der Waals surface area contributed by atoms with E-state index in [0.717, 1.165) is 40.8 Å². The lowest BCUT2D eigenvalue weighted by molar-refractivity contribution is -0.141. The lowest BCUT2D eigenvalue weighted by Gasteiger charge is -2.20. The summed E-state index contributed by atoms with van der Waals surface area (Å²) in [7, 11) is 0. The number of rotatable bonds is 13. The zero-order chi connectivity index (χ0) is 32.4. The number of aromatic nitrogens is 2. The van der Waals surface area contributed by atoms with Gasteiger partial charge < -0.3 is 15.7 Å². The number of hydrogen-bond donors (Lipinski definition) is 3. The van der Waals surface area contributed by atoms with E-state index in [9.17, 15) is 19.5 Å². The molecule has 0 bridgehead atoms. The fourth-order valence-corrected chi connectivity index (χ4v) is 5.53. The summed E-state index contributed by atoms with van der Waals surface area (Å²) >= 11 is 1.38. The first-order chi connectivity index (χ1) is 21.5. The lowest BCUT2D eigenvalue weighted by Crippen LogP contribution is -2.51. The van der Waals surface area contributed by atoms with Crippen molar-refractivity contribution in [2.24, 2.45) is 0 Å². The molecule has 8 nitrogen and oxygen atoms in total. The summed E-state index contributed by atoms with van der Waals surface area (Å²) in [5, 5.41) is 14.6. The average molecular weight is 625 g/mol. The summed E-state index contributed by atoms with van der Waals surface area (Å²) in [5.41, 5.74) is 3.76. The molecule has 2 aromatic heterocycles. The highest BCUT2D eigenvalue weighted by atomic mass is 32.1. The molecule has 0 aliphatic carbocycles. The number of carbonyl (C=O) groups excluding carboxylic acids is 2. The molecule has 2 heterocycles. The Labute approximate surface area is 268 Å². The van der Waals surface area contributed by atoms with Crippen molar-refractivity contribution < 1.29 is 19.5 Å². The van der Waals surface area contributed by atoms with Gasteiger partial charge >= 0.3 is 5.97 Å². The van der Waals surface area contributed by atoms with Crippen LogP contribution in [0.15, 0.2) is 85.2 Å². The molecule has 0 aliphatic rings. The molecule has 4 rings (SSSR count). The first-order valence-corrected chi connectivity index (χ1v) is 15.9. The van der Waals surface area contributed by atoms with Gasteiger partial charge in [0, 0.05) is 34.8 Å². The van der Waals surface area contributed by atoms with Crippen LogP contribution in [0.4, 0.5) is 0 Å². The standard InChI is InChI=1S/C36H40N4O4S/c1-24(35(43)44)39-33(41)29(40-34(42)30-19-20-31(45-30)36(2,3)4)21-26-15-17-28(18-16-26)32-37-22-27(23-38-32)14-10-6-9-13-25-11-7-5-8-12-25/h5,7-8,10-12,14-20,22-24,29H,6,9,13,21H2,1-4H3,(H,39,41)(H,40,42)(H,43,44)/b14-10-/t24-,29+/m1/s1. The number of aliphatic carboxylic acids is 1. The summed E-state index contributed by atoms with van der Waals surface area (Å²) in [6.45, 7) is 7.59. The number of nitrogens with one attached hydrogen (secondary N) is 2. The summed E-state index contributed by atoms with van der Waals surface area (Å²) in [6, 6.07) is 19.5.